The molecule has 0 radical (unpaired) electrons. The first-order valence-electron chi connectivity index (χ1n) is 7.95. The average molecular weight is 276 g/mol. The summed E-state index contributed by atoms with van der Waals surface area (Å²) in [6, 6.07) is 9.16. The second-order valence-corrected chi connectivity index (χ2v) is 5.50. The van der Waals surface area contributed by atoms with E-state index in [1.54, 1.807) is 0 Å². The average Bonchev–Trinajstić information content (AvgIpc) is 2.48. The van der Waals surface area contributed by atoms with Crippen LogP contribution in [-0.4, -0.2) is 32.3 Å². The summed E-state index contributed by atoms with van der Waals surface area (Å²) in [5, 5.41) is 3.52. The lowest BCUT2D eigenvalue weighted by Crippen LogP contribution is -2.40. The predicted octanol–water partition coefficient (Wildman–Crippen LogP) is 3.36. The van der Waals surface area contributed by atoms with Crippen LogP contribution in [0.15, 0.2) is 24.3 Å². The van der Waals surface area contributed by atoms with Crippen molar-refractivity contribution >= 4 is 5.69 Å². The van der Waals surface area contributed by atoms with Gasteiger partial charge in [-0.15, -0.1) is 0 Å². The molecule has 0 aliphatic carbocycles. The topological polar surface area (TPSA) is 24.5 Å². The summed E-state index contributed by atoms with van der Waals surface area (Å²) < 4.78 is 5.83. The summed E-state index contributed by atoms with van der Waals surface area (Å²) >= 11 is 0. The summed E-state index contributed by atoms with van der Waals surface area (Å²) in [5.74, 6) is 0. The first-order chi connectivity index (χ1) is 9.76. The molecule has 1 aliphatic rings. The van der Waals surface area contributed by atoms with Gasteiger partial charge in [0.25, 0.3) is 0 Å². The normalized spacial score (nSPS) is 20.9. The monoisotopic (exact) mass is 276 g/mol. The highest BCUT2D eigenvalue weighted by atomic mass is 16.5. The predicted molar refractivity (Wildman–Crippen MR) is 85.4 cm³/mol. The Morgan fingerprint density at radius 1 is 1.35 bits per heavy atom. The van der Waals surface area contributed by atoms with Crippen molar-refractivity contribution in [1.82, 2.24) is 5.32 Å². The Morgan fingerprint density at radius 2 is 2.15 bits per heavy atom. The van der Waals surface area contributed by atoms with Crippen molar-refractivity contribution in [3.63, 3.8) is 0 Å². The Labute approximate surface area is 123 Å². The SMILES string of the molecule is CCNC(C)c1ccccc1N1CCCC(OCC)C1. The summed E-state index contributed by atoms with van der Waals surface area (Å²) in [6.07, 6.45) is 2.79. The number of rotatable bonds is 6. The van der Waals surface area contributed by atoms with E-state index in [9.17, 15) is 0 Å². The molecule has 0 aromatic heterocycles. The van der Waals surface area contributed by atoms with Gasteiger partial charge in [-0.3, -0.25) is 0 Å². The van der Waals surface area contributed by atoms with Crippen LogP contribution in [0.4, 0.5) is 5.69 Å². The molecule has 1 N–H and O–H groups in total. The van der Waals surface area contributed by atoms with E-state index in [0.29, 0.717) is 12.1 Å². The van der Waals surface area contributed by atoms with Gasteiger partial charge in [0.2, 0.25) is 0 Å². The number of nitrogens with zero attached hydrogens (tertiary/aromatic N) is 1. The Balaban J connectivity index is 2.14. The molecule has 0 amide bonds. The number of ether oxygens (including phenoxy) is 1. The Hall–Kier alpha value is -1.06. The number of piperidine rings is 1. The molecule has 1 fully saturated rings. The van der Waals surface area contributed by atoms with E-state index in [0.717, 1.165) is 26.2 Å². The first-order valence-corrected chi connectivity index (χ1v) is 7.95. The summed E-state index contributed by atoms with van der Waals surface area (Å²) in [4.78, 5) is 2.49. The van der Waals surface area contributed by atoms with E-state index < -0.39 is 0 Å². The molecule has 3 nitrogen and oxygen atoms in total. The van der Waals surface area contributed by atoms with Gasteiger partial charge in [0.05, 0.1) is 6.10 Å². The zero-order valence-electron chi connectivity index (χ0n) is 13.1. The lowest BCUT2D eigenvalue weighted by atomic mass is 10.0. The van der Waals surface area contributed by atoms with Gasteiger partial charge in [-0.2, -0.15) is 0 Å². The number of hydrogen-bond acceptors (Lipinski definition) is 3. The van der Waals surface area contributed by atoms with Crippen molar-refractivity contribution in [2.75, 3.05) is 31.1 Å². The number of benzene rings is 1. The van der Waals surface area contributed by atoms with Crippen LogP contribution >= 0.6 is 0 Å². The van der Waals surface area contributed by atoms with E-state index >= 15 is 0 Å². The second-order valence-electron chi connectivity index (χ2n) is 5.50. The maximum atomic E-state index is 5.83. The standard InChI is InChI=1S/C17H28N2O/c1-4-18-14(3)16-10-6-7-11-17(16)19-12-8-9-15(13-19)20-5-2/h6-7,10-11,14-15,18H,4-5,8-9,12-13H2,1-3H3. The van der Waals surface area contributed by atoms with Crippen molar-refractivity contribution in [3.05, 3.63) is 29.8 Å². The number of para-hydroxylation sites is 1. The van der Waals surface area contributed by atoms with Crippen LogP contribution in [0.3, 0.4) is 0 Å². The van der Waals surface area contributed by atoms with Crippen molar-refractivity contribution in [2.45, 2.75) is 45.8 Å². The molecule has 0 bridgehead atoms. The maximum Gasteiger partial charge on any atom is 0.0750 e. The van der Waals surface area contributed by atoms with Crippen LogP contribution in [0.25, 0.3) is 0 Å². The van der Waals surface area contributed by atoms with Crippen LogP contribution in [0.5, 0.6) is 0 Å². The van der Waals surface area contributed by atoms with Crippen LogP contribution in [0.1, 0.15) is 45.2 Å². The second kappa shape index (κ2) is 7.65. The lowest BCUT2D eigenvalue weighted by Gasteiger charge is -2.36. The molecule has 0 spiro atoms. The van der Waals surface area contributed by atoms with Gasteiger partial charge in [-0.1, -0.05) is 25.1 Å². The van der Waals surface area contributed by atoms with Crippen LogP contribution < -0.4 is 10.2 Å². The minimum absolute atomic E-state index is 0.385. The Morgan fingerprint density at radius 3 is 2.90 bits per heavy atom. The van der Waals surface area contributed by atoms with Gasteiger partial charge < -0.3 is 15.0 Å². The van der Waals surface area contributed by atoms with Gasteiger partial charge in [0, 0.05) is 31.4 Å². The summed E-state index contributed by atoms with van der Waals surface area (Å²) in [6.45, 7) is 10.5. The van der Waals surface area contributed by atoms with Gasteiger partial charge in [0.1, 0.15) is 0 Å². The van der Waals surface area contributed by atoms with Crippen molar-refractivity contribution in [3.8, 4) is 0 Å². The third-order valence-corrected chi connectivity index (χ3v) is 4.03. The molecule has 2 rings (SSSR count). The fraction of sp³-hybridized carbons (Fsp3) is 0.647. The zero-order chi connectivity index (χ0) is 14.4. The minimum Gasteiger partial charge on any atom is -0.377 e. The Bertz CT molecular complexity index is 406. The molecule has 1 saturated heterocycles. The molecule has 1 aliphatic heterocycles. The molecular formula is C17H28N2O. The van der Waals surface area contributed by atoms with E-state index in [1.165, 1.54) is 24.1 Å². The lowest BCUT2D eigenvalue weighted by molar-refractivity contribution is 0.0526. The quantitative estimate of drug-likeness (QED) is 0.862. The number of nitrogens with one attached hydrogen (secondary N) is 1. The third kappa shape index (κ3) is 3.74. The highest BCUT2D eigenvalue weighted by molar-refractivity contribution is 5.55. The molecule has 1 aromatic carbocycles. The highest BCUT2D eigenvalue weighted by Gasteiger charge is 2.22. The van der Waals surface area contributed by atoms with Gasteiger partial charge in [-0.05, 0) is 44.9 Å². The van der Waals surface area contributed by atoms with Gasteiger partial charge in [-0.25, -0.2) is 0 Å². The van der Waals surface area contributed by atoms with Gasteiger partial charge >= 0.3 is 0 Å². The summed E-state index contributed by atoms with van der Waals surface area (Å²) in [5.41, 5.74) is 2.76. The molecule has 1 heterocycles. The van der Waals surface area contributed by atoms with E-state index in [4.69, 9.17) is 4.74 Å². The largest absolute Gasteiger partial charge is 0.377 e. The third-order valence-electron chi connectivity index (χ3n) is 4.03. The number of hydrogen-bond donors (Lipinski definition) is 1. The zero-order valence-corrected chi connectivity index (χ0v) is 13.1. The fourth-order valence-corrected chi connectivity index (χ4v) is 3.09. The molecule has 1 aromatic rings. The van der Waals surface area contributed by atoms with Crippen LogP contribution in [0.2, 0.25) is 0 Å². The minimum atomic E-state index is 0.385. The molecular weight excluding hydrogens is 248 g/mol. The fourth-order valence-electron chi connectivity index (χ4n) is 3.09. The maximum absolute atomic E-state index is 5.83. The molecule has 112 valence electrons. The van der Waals surface area contributed by atoms with E-state index in [1.807, 2.05) is 0 Å². The first kappa shape index (κ1) is 15.3. The van der Waals surface area contributed by atoms with Crippen molar-refractivity contribution in [2.24, 2.45) is 0 Å². The van der Waals surface area contributed by atoms with E-state index in [2.05, 4.69) is 55.3 Å². The van der Waals surface area contributed by atoms with Crippen LogP contribution in [0, 0.1) is 0 Å². The highest BCUT2D eigenvalue weighted by Crippen LogP contribution is 2.29. The molecule has 20 heavy (non-hydrogen) atoms. The van der Waals surface area contributed by atoms with Crippen molar-refractivity contribution in [1.29, 1.82) is 0 Å². The number of anilines is 1. The van der Waals surface area contributed by atoms with Gasteiger partial charge in [0.15, 0.2) is 0 Å². The molecule has 2 unspecified atom stereocenters. The Kier molecular flexibility index (Phi) is 5.86. The molecule has 0 saturated carbocycles. The van der Waals surface area contributed by atoms with Crippen LogP contribution in [-0.2, 0) is 4.74 Å². The van der Waals surface area contributed by atoms with Crippen molar-refractivity contribution < 1.29 is 4.74 Å². The van der Waals surface area contributed by atoms with E-state index in [-0.39, 0.29) is 0 Å². The smallest absolute Gasteiger partial charge is 0.0750 e. The molecule has 3 heteroatoms. The summed E-state index contributed by atoms with van der Waals surface area (Å²) in [7, 11) is 0. The molecule has 2 atom stereocenters.